The molecule has 4 rings (SSSR count). The van der Waals surface area contributed by atoms with E-state index in [1.165, 1.54) is 28.4 Å². The molecule has 2 aliphatic rings. The van der Waals surface area contributed by atoms with E-state index in [2.05, 4.69) is 27.9 Å². The van der Waals surface area contributed by atoms with Crippen LogP contribution in [-0.4, -0.2) is 45.0 Å². The van der Waals surface area contributed by atoms with Crippen molar-refractivity contribution >= 4 is 63.9 Å². The molecule has 0 unspecified atom stereocenters. The number of hydrogen-bond acceptors (Lipinski definition) is 5. The number of nitrogens with one attached hydrogen (secondary N) is 1. The Kier molecular flexibility index (Phi) is 6.40. The number of fused-ring (bicyclic) bond motifs is 1. The summed E-state index contributed by atoms with van der Waals surface area (Å²) in [6.07, 6.45) is 0.178. The van der Waals surface area contributed by atoms with Gasteiger partial charge in [-0.2, -0.15) is 0 Å². The van der Waals surface area contributed by atoms with Crippen molar-refractivity contribution in [3.8, 4) is 0 Å². The van der Waals surface area contributed by atoms with Gasteiger partial charge in [-0.3, -0.25) is 14.5 Å². The number of hydrogen-bond donors (Lipinski definition) is 2. The molecule has 2 aromatic carbocycles. The Bertz CT molecular complexity index is 1030. The van der Waals surface area contributed by atoms with Crippen LogP contribution in [0, 0.1) is 3.57 Å². The molecule has 2 aliphatic heterocycles. The van der Waals surface area contributed by atoms with E-state index in [1.54, 1.807) is 0 Å². The number of nitrogens with zero attached hydrogens (tertiary/aromatic N) is 1. The van der Waals surface area contributed by atoms with Crippen molar-refractivity contribution in [3.63, 3.8) is 0 Å². The molecule has 2 amide bonds. The van der Waals surface area contributed by atoms with Crippen molar-refractivity contribution in [2.45, 2.75) is 22.7 Å². The second kappa shape index (κ2) is 9.03. The van der Waals surface area contributed by atoms with Crippen LogP contribution in [-0.2, 0) is 20.8 Å². The molecule has 154 valence electrons. The Morgan fingerprint density at radius 3 is 2.53 bits per heavy atom. The molecule has 1 fully saturated rings. The fourth-order valence-corrected chi connectivity index (χ4v) is 6.15. The lowest BCUT2D eigenvalue weighted by molar-refractivity contribution is -0.150. The largest absolute Gasteiger partial charge is 0.477 e. The van der Waals surface area contributed by atoms with Crippen LogP contribution >= 0.6 is 46.1 Å². The summed E-state index contributed by atoms with van der Waals surface area (Å²) in [5.41, 5.74) is 0.873. The SMILES string of the molecule is O=C(Cc1ccccc1)N[C@@H]1C(=O)N2C(C(=O)O)=C(Sc3ccc(I)cc3)CS[C@H]12. The van der Waals surface area contributed by atoms with Gasteiger partial charge in [0, 0.05) is 19.1 Å². The van der Waals surface area contributed by atoms with Crippen LogP contribution in [0.4, 0.5) is 0 Å². The van der Waals surface area contributed by atoms with E-state index >= 15 is 0 Å². The summed E-state index contributed by atoms with van der Waals surface area (Å²) in [5, 5.41) is 12.1. The molecule has 0 aromatic heterocycles. The Labute approximate surface area is 195 Å². The van der Waals surface area contributed by atoms with Crippen LogP contribution in [0.25, 0.3) is 0 Å². The van der Waals surface area contributed by atoms with Crippen molar-refractivity contribution in [1.82, 2.24) is 10.2 Å². The van der Waals surface area contributed by atoms with Gasteiger partial charge in [-0.05, 0) is 52.4 Å². The van der Waals surface area contributed by atoms with E-state index in [4.69, 9.17) is 0 Å². The van der Waals surface area contributed by atoms with Crippen molar-refractivity contribution < 1.29 is 19.5 Å². The van der Waals surface area contributed by atoms with Gasteiger partial charge in [-0.15, -0.1) is 11.8 Å². The number of carbonyl (C=O) groups is 3. The van der Waals surface area contributed by atoms with E-state index in [0.717, 1.165) is 14.0 Å². The van der Waals surface area contributed by atoms with Crippen molar-refractivity contribution in [3.05, 3.63) is 74.3 Å². The molecule has 0 bridgehead atoms. The van der Waals surface area contributed by atoms with Crippen molar-refractivity contribution in [2.75, 3.05) is 5.75 Å². The van der Waals surface area contributed by atoms with Gasteiger partial charge in [0.25, 0.3) is 5.91 Å². The lowest BCUT2D eigenvalue weighted by atomic mass is 10.0. The lowest BCUT2D eigenvalue weighted by Crippen LogP contribution is -2.70. The number of thioether (sulfide) groups is 2. The zero-order valence-corrected chi connectivity index (χ0v) is 19.4. The van der Waals surface area contributed by atoms with Crippen LogP contribution in [0.5, 0.6) is 0 Å². The number of benzene rings is 2. The maximum Gasteiger partial charge on any atom is 0.353 e. The third-order valence-electron chi connectivity index (χ3n) is 4.71. The molecule has 0 radical (unpaired) electrons. The number of carbonyl (C=O) groups excluding carboxylic acids is 2. The number of aliphatic carboxylic acids is 1. The highest BCUT2D eigenvalue weighted by Gasteiger charge is 2.54. The van der Waals surface area contributed by atoms with Crippen LogP contribution < -0.4 is 5.32 Å². The van der Waals surface area contributed by atoms with Gasteiger partial charge in [0.15, 0.2) is 0 Å². The van der Waals surface area contributed by atoms with Gasteiger partial charge < -0.3 is 10.4 Å². The summed E-state index contributed by atoms with van der Waals surface area (Å²) in [5.74, 6) is -1.29. The molecule has 1 saturated heterocycles. The van der Waals surface area contributed by atoms with Gasteiger partial charge in [0.2, 0.25) is 5.91 Å². The number of β-lactam (4-membered cyclic amide) rings is 1. The first-order valence-corrected chi connectivity index (χ1v) is 12.1. The first kappa shape index (κ1) is 21.3. The third kappa shape index (κ3) is 4.37. The molecule has 0 aliphatic carbocycles. The predicted octanol–water partition coefficient (Wildman–Crippen LogP) is 3.32. The van der Waals surface area contributed by atoms with Gasteiger partial charge >= 0.3 is 5.97 Å². The lowest BCUT2D eigenvalue weighted by Gasteiger charge is -2.49. The van der Waals surface area contributed by atoms with E-state index in [1.807, 2.05) is 54.6 Å². The Morgan fingerprint density at radius 2 is 1.87 bits per heavy atom. The topological polar surface area (TPSA) is 86.7 Å². The summed E-state index contributed by atoms with van der Waals surface area (Å²) in [6, 6.07) is 16.3. The third-order valence-corrected chi connectivity index (χ3v) is 7.99. The van der Waals surface area contributed by atoms with Gasteiger partial charge in [0.1, 0.15) is 17.1 Å². The molecule has 0 saturated carbocycles. The second-order valence-corrected chi connectivity index (χ2v) is 10.3. The highest BCUT2D eigenvalue weighted by Crippen LogP contribution is 2.45. The molecule has 0 spiro atoms. The Morgan fingerprint density at radius 1 is 1.17 bits per heavy atom. The standard InChI is InChI=1S/C21H17IN2O4S2/c22-13-6-8-14(9-7-13)30-15-11-29-20-17(19(26)24(20)18(15)21(27)28)23-16(25)10-12-4-2-1-3-5-12/h1-9,17,20H,10-11H2,(H,23,25)(H,27,28)/t17-,20-/m1/s1. The first-order chi connectivity index (χ1) is 14.4. The normalized spacial score (nSPS) is 20.4. The highest BCUT2D eigenvalue weighted by molar-refractivity contribution is 14.1. The van der Waals surface area contributed by atoms with Gasteiger partial charge in [0.05, 0.1) is 6.42 Å². The molecule has 9 heteroatoms. The predicted molar refractivity (Wildman–Crippen MR) is 125 cm³/mol. The Balaban J connectivity index is 1.48. The molecular formula is C21H17IN2O4S2. The van der Waals surface area contributed by atoms with E-state index in [-0.39, 0.29) is 23.9 Å². The molecule has 2 N–H and O–H groups in total. The van der Waals surface area contributed by atoms with Gasteiger partial charge in [-0.25, -0.2) is 4.79 Å². The summed E-state index contributed by atoms with van der Waals surface area (Å²) in [4.78, 5) is 39.9. The van der Waals surface area contributed by atoms with Crippen LogP contribution in [0.1, 0.15) is 5.56 Å². The van der Waals surface area contributed by atoms with Crippen LogP contribution in [0.3, 0.4) is 0 Å². The fourth-order valence-electron chi connectivity index (χ4n) is 3.32. The highest BCUT2D eigenvalue weighted by atomic mass is 127. The number of carboxylic acids is 1. The summed E-state index contributed by atoms with van der Waals surface area (Å²) < 4.78 is 1.09. The quantitative estimate of drug-likeness (QED) is 0.423. The molecule has 2 heterocycles. The molecule has 30 heavy (non-hydrogen) atoms. The smallest absolute Gasteiger partial charge is 0.353 e. The zero-order valence-electron chi connectivity index (χ0n) is 15.6. The molecule has 2 aromatic rings. The van der Waals surface area contributed by atoms with E-state index < -0.39 is 17.4 Å². The fraction of sp³-hybridized carbons (Fsp3) is 0.190. The van der Waals surface area contributed by atoms with Crippen LogP contribution in [0.2, 0.25) is 0 Å². The van der Waals surface area contributed by atoms with Gasteiger partial charge in [-0.1, -0.05) is 42.1 Å². The second-order valence-electron chi connectivity index (χ2n) is 6.75. The summed E-state index contributed by atoms with van der Waals surface area (Å²) >= 11 is 5.04. The number of amides is 2. The first-order valence-electron chi connectivity index (χ1n) is 9.12. The minimum Gasteiger partial charge on any atom is -0.477 e. The van der Waals surface area contributed by atoms with E-state index in [0.29, 0.717) is 10.7 Å². The molecule has 6 nitrogen and oxygen atoms in total. The summed E-state index contributed by atoms with van der Waals surface area (Å²) in [6.45, 7) is 0. The van der Waals surface area contributed by atoms with Crippen molar-refractivity contribution in [1.29, 1.82) is 0 Å². The van der Waals surface area contributed by atoms with E-state index in [9.17, 15) is 19.5 Å². The maximum absolute atomic E-state index is 12.7. The average molecular weight is 552 g/mol. The molecular weight excluding hydrogens is 535 g/mol. The monoisotopic (exact) mass is 552 g/mol. The van der Waals surface area contributed by atoms with Crippen molar-refractivity contribution in [2.24, 2.45) is 0 Å². The van der Waals surface area contributed by atoms with Crippen LogP contribution in [0.15, 0.2) is 70.1 Å². The Hall–Kier alpha value is -1.98. The number of rotatable bonds is 6. The number of carboxylic acid groups (broad SMARTS) is 1. The zero-order chi connectivity index (χ0) is 21.3. The molecule has 2 atom stereocenters. The summed E-state index contributed by atoms with van der Waals surface area (Å²) in [7, 11) is 0. The minimum absolute atomic E-state index is 0.0147. The number of halogens is 1. The average Bonchev–Trinajstić information content (AvgIpc) is 2.74. The minimum atomic E-state index is -1.13. The maximum atomic E-state index is 12.7.